The zero-order valence-electron chi connectivity index (χ0n) is 12.0. The van der Waals surface area contributed by atoms with Gasteiger partial charge in [0.2, 0.25) is 0 Å². The van der Waals surface area contributed by atoms with Crippen LogP contribution in [0.25, 0.3) is 0 Å². The quantitative estimate of drug-likeness (QED) is 0.877. The lowest BCUT2D eigenvalue weighted by Crippen LogP contribution is -2.46. The smallest absolute Gasteiger partial charge is 0.323 e. The molecule has 0 aliphatic heterocycles. The predicted octanol–water partition coefficient (Wildman–Crippen LogP) is 2.57. The Hall–Kier alpha value is -1.69. The van der Waals surface area contributed by atoms with Crippen molar-refractivity contribution in [2.45, 2.75) is 30.6 Å². The third-order valence-corrected chi connectivity index (χ3v) is 4.75. The number of carbonyl (C=O) groups is 2. The summed E-state index contributed by atoms with van der Waals surface area (Å²) in [6.07, 6.45) is 5.07. The summed E-state index contributed by atoms with van der Waals surface area (Å²) in [4.78, 5) is 24.6. The van der Waals surface area contributed by atoms with Crippen LogP contribution in [0, 0.1) is 0 Å². The Labute approximate surface area is 128 Å². The van der Waals surface area contributed by atoms with Crippen molar-refractivity contribution >= 4 is 29.4 Å². The summed E-state index contributed by atoms with van der Waals surface area (Å²) >= 11 is 1.82. The lowest BCUT2D eigenvalue weighted by Gasteiger charge is -2.23. The van der Waals surface area contributed by atoms with Gasteiger partial charge in [-0.05, 0) is 37.7 Å². The third kappa shape index (κ3) is 4.39. The molecular weight excluding hydrogens is 288 g/mol. The number of anilines is 1. The van der Waals surface area contributed by atoms with Crippen molar-refractivity contribution in [1.29, 1.82) is 0 Å². The first-order valence-corrected chi connectivity index (χ1v) is 8.26. The lowest BCUT2D eigenvalue weighted by molar-refractivity contribution is -0.135. The average molecular weight is 308 g/mol. The van der Waals surface area contributed by atoms with Crippen molar-refractivity contribution in [2.75, 3.05) is 17.7 Å². The number of carboxylic acid groups (broad SMARTS) is 1. The number of aliphatic carboxylic acids is 1. The second kappa shape index (κ2) is 7.36. The van der Waals surface area contributed by atoms with E-state index in [4.69, 9.17) is 5.11 Å². The topological polar surface area (TPSA) is 69.6 Å². The highest BCUT2D eigenvalue weighted by atomic mass is 32.2. The second-order valence-electron chi connectivity index (χ2n) is 5.13. The Kier molecular flexibility index (Phi) is 5.50. The number of para-hydroxylation sites is 1. The van der Waals surface area contributed by atoms with Crippen LogP contribution < -0.4 is 10.2 Å². The highest BCUT2D eigenvalue weighted by Gasteiger charge is 2.27. The Morgan fingerprint density at radius 2 is 2.05 bits per heavy atom. The summed E-state index contributed by atoms with van der Waals surface area (Å²) in [6, 6.07) is 8.68. The van der Waals surface area contributed by atoms with Gasteiger partial charge in [0.1, 0.15) is 6.54 Å². The van der Waals surface area contributed by atoms with Crippen LogP contribution >= 0.6 is 11.8 Å². The molecule has 0 heterocycles. The molecule has 2 rings (SSSR count). The molecule has 1 aliphatic rings. The molecule has 0 saturated heterocycles. The van der Waals surface area contributed by atoms with E-state index in [1.807, 2.05) is 17.8 Å². The van der Waals surface area contributed by atoms with Crippen LogP contribution in [-0.2, 0) is 4.79 Å². The van der Waals surface area contributed by atoms with Gasteiger partial charge in [0.05, 0.1) is 0 Å². The van der Waals surface area contributed by atoms with Gasteiger partial charge in [0.15, 0.2) is 0 Å². The highest BCUT2D eigenvalue weighted by molar-refractivity contribution is 7.99. The van der Waals surface area contributed by atoms with Gasteiger partial charge in [-0.2, -0.15) is 11.8 Å². The Bertz CT molecular complexity index is 495. The molecule has 5 nitrogen and oxygen atoms in total. The minimum Gasteiger partial charge on any atom is -0.480 e. The van der Waals surface area contributed by atoms with E-state index in [-0.39, 0.29) is 18.6 Å². The third-order valence-electron chi connectivity index (χ3n) is 3.65. The monoisotopic (exact) mass is 308 g/mol. The summed E-state index contributed by atoms with van der Waals surface area (Å²) in [5.41, 5.74) is 0.594. The average Bonchev–Trinajstić information content (AvgIpc) is 2.93. The van der Waals surface area contributed by atoms with E-state index in [1.54, 1.807) is 24.3 Å². The Balaban J connectivity index is 2.03. The number of benzene rings is 1. The number of hydrogen-bond acceptors (Lipinski definition) is 3. The summed E-state index contributed by atoms with van der Waals surface area (Å²) in [5.74, 6) is -1.03. The fraction of sp³-hybridized carbons (Fsp3) is 0.467. The number of carboxylic acids is 1. The molecule has 114 valence electrons. The first kappa shape index (κ1) is 15.7. The number of rotatable bonds is 5. The molecule has 0 bridgehead atoms. The molecule has 0 aromatic heterocycles. The van der Waals surface area contributed by atoms with Crippen molar-refractivity contribution in [3.8, 4) is 0 Å². The van der Waals surface area contributed by atoms with Gasteiger partial charge in [-0.15, -0.1) is 0 Å². The van der Waals surface area contributed by atoms with Gasteiger partial charge < -0.3 is 10.4 Å². The number of nitrogens with zero attached hydrogens (tertiary/aromatic N) is 1. The van der Waals surface area contributed by atoms with E-state index in [1.165, 1.54) is 4.90 Å². The Morgan fingerprint density at radius 1 is 1.33 bits per heavy atom. The fourth-order valence-electron chi connectivity index (χ4n) is 2.56. The summed E-state index contributed by atoms with van der Waals surface area (Å²) in [6.45, 7) is -0.339. The van der Waals surface area contributed by atoms with E-state index >= 15 is 0 Å². The second-order valence-corrected chi connectivity index (χ2v) is 6.27. The van der Waals surface area contributed by atoms with Crippen LogP contribution in [0.3, 0.4) is 0 Å². The zero-order valence-corrected chi connectivity index (χ0v) is 12.8. The largest absolute Gasteiger partial charge is 0.480 e. The van der Waals surface area contributed by atoms with Gasteiger partial charge in [0, 0.05) is 17.0 Å². The van der Waals surface area contributed by atoms with E-state index in [0.29, 0.717) is 10.9 Å². The van der Waals surface area contributed by atoms with Crippen LogP contribution in [0.15, 0.2) is 30.3 Å². The van der Waals surface area contributed by atoms with Crippen LogP contribution in [0.1, 0.15) is 19.3 Å². The molecule has 1 aromatic rings. The van der Waals surface area contributed by atoms with Gasteiger partial charge in [-0.1, -0.05) is 18.2 Å². The molecule has 2 unspecified atom stereocenters. The van der Waals surface area contributed by atoms with Crippen molar-refractivity contribution < 1.29 is 14.7 Å². The van der Waals surface area contributed by atoms with E-state index < -0.39 is 5.97 Å². The number of carbonyl (C=O) groups excluding carboxylic acids is 1. The first-order chi connectivity index (χ1) is 10.1. The molecule has 0 spiro atoms. The maximum Gasteiger partial charge on any atom is 0.323 e. The molecule has 6 heteroatoms. The Morgan fingerprint density at radius 3 is 2.62 bits per heavy atom. The lowest BCUT2D eigenvalue weighted by atomic mass is 10.2. The number of hydrogen-bond donors (Lipinski definition) is 2. The van der Waals surface area contributed by atoms with Gasteiger partial charge in [0.25, 0.3) is 0 Å². The predicted molar refractivity (Wildman–Crippen MR) is 84.9 cm³/mol. The van der Waals surface area contributed by atoms with Crippen LogP contribution in [0.2, 0.25) is 0 Å². The molecule has 1 saturated carbocycles. The van der Waals surface area contributed by atoms with Crippen LogP contribution in [0.5, 0.6) is 0 Å². The van der Waals surface area contributed by atoms with Gasteiger partial charge in [-0.25, -0.2) is 4.79 Å². The molecule has 0 radical (unpaired) electrons. The van der Waals surface area contributed by atoms with Crippen molar-refractivity contribution in [3.05, 3.63) is 30.3 Å². The first-order valence-electron chi connectivity index (χ1n) is 6.98. The summed E-state index contributed by atoms with van der Waals surface area (Å²) < 4.78 is 0. The number of thioether (sulfide) groups is 1. The maximum absolute atomic E-state index is 12.4. The molecule has 2 amide bonds. The van der Waals surface area contributed by atoms with Gasteiger partial charge in [-0.3, -0.25) is 9.69 Å². The van der Waals surface area contributed by atoms with Crippen molar-refractivity contribution in [1.82, 2.24) is 5.32 Å². The number of amides is 2. The van der Waals surface area contributed by atoms with E-state index in [0.717, 1.165) is 19.3 Å². The van der Waals surface area contributed by atoms with Crippen molar-refractivity contribution in [3.63, 3.8) is 0 Å². The van der Waals surface area contributed by atoms with E-state index in [9.17, 15) is 9.59 Å². The van der Waals surface area contributed by atoms with Crippen LogP contribution in [-0.4, -0.2) is 41.2 Å². The van der Waals surface area contributed by atoms with Gasteiger partial charge >= 0.3 is 12.0 Å². The van der Waals surface area contributed by atoms with Crippen LogP contribution in [0.4, 0.5) is 10.5 Å². The fourth-order valence-corrected chi connectivity index (χ4v) is 3.36. The van der Waals surface area contributed by atoms with E-state index in [2.05, 4.69) is 11.6 Å². The SMILES string of the molecule is CSC1CCC(NC(=O)N(CC(=O)O)c2ccccc2)C1. The number of nitrogens with one attached hydrogen (secondary N) is 1. The molecule has 1 fully saturated rings. The maximum atomic E-state index is 12.4. The van der Waals surface area contributed by atoms with Crippen molar-refractivity contribution in [2.24, 2.45) is 0 Å². The molecule has 1 aliphatic carbocycles. The molecular formula is C15H20N2O3S. The molecule has 2 N–H and O–H groups in total. The number of urea groups is 1. The molecule has 2 atom stereocenters. The summed E-state index contributed by atoms with van der Waals surface area (Å²) in [5, 5.41) is 12.6. The summed E-state index contributed by atoms with van der Waals surface area (Å²) in [7, 11) is 0. The standard InChI is InChI=1S/C15H20N2O3S/c1-21-13-8-7-11(9-13)16-15(20)17(10-14(18)19)12-5-3-2-4-6-12/h2-6,11,13H,7-10H2,1H3,(H,16,20)(H,18,19). The molecule has 1 aromatic carbocycles. The minimum absolute atomic E-state index is 0.134. The normalized spacial score (nSPS) is 21.0. The highest BCUT2D eigenvalue weighted by Crippen LogP contribution is 2.28. The molecule has 21 heavy (non-hydrogen) atoms. The zero-order chi connectivity index (χ0) is 15.2. The minimum atomic E-state index is -1.03.